The van der Waals surface area contributed by atoms with E-state index in [1.54, 1.807) is 0 Å². The minimum absolute atomic E-state index is 0.0203. The standard InChI is InChI=1S/C15H23NO/c1-3-4-5-6-9-12-17-15-11-8-7-10-14(15)13(2)16/h3,7-8,10-11,13H,1,4-6,9,12,16H2,2H3/t13-/m1/s1. The average molecular weight is 233 g/mol. The molecule has 0 fully saturated rings. The van der Waals surface area contributed by atoms with Crippen LogP contribution < -0.4 is 10.5 Å². The number of ether oxygens (including phenoxy) is 1. The molecule has 0 saturated carbocycles. The number of hydrogen-bond donors (Lipinski definition) is 1. The lowest BCUT2D eigenvalue weighted by molar-refractivity contribution is 0.301. The molecule has 0 aliphatic rings. The Hall–Kier alpha value is -1.28. The van der Waals surface area contributed by atoms with E-state index in [-0.39, 0.29) is 6.04 Å². The van der Waals surface area contributed by atoms with Crippen LogP contribution in [0.5, 0.6) is 5.75 Å². The Morgan fingerprint density at radius 2 is 2.06 bits per heavy atom. The Kier molecular flexibility index (Phi) is 6.41. The highest BCUT2D eigenvalue weighted by Gasteiger charge is 2.06. The molecule has 1 rings (SSSR count). The van der Waals surface area contributed by atoms with Crippen LogP contribution in [0.25, 0.3) is 0 Å². The van der Waals surface area contributed by atoms with Crippen LogP contribution in [0.3, 0.4) is 0 Å². The minimum Gasteiger partial charge on any atom is -0.493 e. The molecule has 2 heteroatoms. The number of hydrogen-bond acceptors (Lipinski definition) is 2. The fourth-order valence-corrected chi connectivity index (χ4v) is 1.74. The number of para-hydroxylation sites is 1. The van der Waals surface area contributed by atoms with Gasteiger partial charge in [-0.1, -0.05) is 24.3 Å². The minimum atomic E-state index is 0.0203. The van der Waals surface area contributed by atoms with Gasteiger partial charge in [0, 0.05) is 11.6 Å². The summed E-state index contributed by atoms with van der Waals surface area (Å²) in [4.78, 5) is 0. The molecule has 17 heavy (non-hydrogen) atoms. The van der Waals surface area contributed by atoms with Gasteiger partial charge in [-0.15, -0.1) is 6.58 Å². The molecule has 0 heterocycles. The van der Waals surface area contributed by atoms with Crippen molar-refractivity contribution in [1.29, 1.82) is 0 Å². The maximum atomic E-state index is 5.89. The van der Waals surface area contributed by atoms with Gasteiger partial charge in [-0.3, -0.25) is 0 Å². The third-order valence-corrected chi connectivity index (χ3v) is 2.72. The molecule has 0 spiro atoms. The molecule has 1 atom stereocenters. The zero-order valence-electron chi connectivity index (χ0n) is 10.7. The second kappa shape index (κ2) is 7.91. The van der Waals surface area contributed by atoms with E-state index < -0.39 is 0 Å². The van der Waals surface area contributed by atoms with Crippen molar-refractivity contribution in [2.75, 3.05) is 6.61 Å². The third kappa shape index (κ3) is 5.05. The summed E-state index contributed by atoms with van der Waals surface area (Å²) < 4.78 is 5.77. The predicted octanol–water partition coefficient (Wildman–Crippen LogP) is 3.83. The molecule has 2 nitrogen and oxygen atoms in total. The molecule has 0 aliphatic heterocycles. The van der Waals surface area contributed by atoms with Crippen molar-refractivity contribution in [3.8, 4) is 5.75 Å². The van der Waals surface area contributed by atoms with Crippen LogP contribution in [0.2, 0.25) is 0 Å². The molecule has 0 aliphatic carbocycles. The monoisotopic (exact) mass is 233 g/mol. The zero-order chi connectivity index (χ0) is 12.5. The number of nitrogens with two attached hydrogens (primary N) is 1. The normalized spacial score (nSPS) is 12.1. The number of rotatable bonds is 8. The molecule has 94 valence electrons. The number of allylic oxidation sites excluding steroid dienone is 1. The van der Waals surface area contributed by atoms with E-state index in [2.05, 4.69) is 6.58 Å². The van der Waals surface area contributed by atoms with Crippen LogP contribution >= 0.6 is 0 Å². The fraction of sp³-hybridized carbons (Fsp3) is 0.467. The van der Waals surface area contributed by atoms with Gasteiger partial charge in [0.25, 0.3) is 0 Å². The van der Waals surface area contributed by atoms with E-state index in [0.29, 0.717) is 0 Å². The summed E-state index contributed by atoms with van der Waals surface area (Å²) in [6.45, 7) is 6.46. The first-order valence-electron chi connectivity index (χ1n) is 6.34. The summed E-state index contributed by atoms with van der Waals surface area (Å²) in [5.41, 5.74) is 6.98. The lowest BCUT2D eigenvalue weighted by Gasteiger charge is -2.13. The second-order valence-corrected chi connectivity index (χ2v) is 4.31. The summed E-state index contributed by atoms with van der Waals surface area (Å²) in [7, 11) is 0. The van der Waals surface area contributed by atoms with Gasteiger partial charge in [-0.05, 0) is 38.7 Å². The van der Waals surface area contributed by atoms with Crippen LogP contribution in [0, 0.1) is 0 Å². The van der Waals surface area contributed by atoms with Crippen molar-refractivity contribution >= 4 is 0 Å². The van der Waals surface area contributed by atoms with Crippen molar-refractivity contribution in [2.24, 2.45) is 5.73 Å². The Bertz CT molecular complexity index is 333. The fourth-order valence-electron chi connectivity index (χ4n) is 1.74. The maximum Gasteiger partial charge on any atom is 0.124 e. The molecule has 2 N–H and O–H groups in total. The molecule has 0 amide bonds. The van der Waals surface area contributed by atoms with Crippen molar-refractivity contribution in [1.82, 2.24) is 0 Å². The van der Waals surface area contributed by atoms with Crippen molar-refractivity contribution in [2.45, 2.75) is 38.6 Å². The molecular weight excluding hydrogens is 210 g/mol. The smallest absolute Gasteiger partial charge is 0.124 e. The van der Waals surface area contributed by atoms with Gasteiger partial charge in [0.15, 0.2) is 0 Å². The molecular formula is C15H23NO. The first-order chi connectivity index (χ1) is 8.25. The van der Waals surface area contributed by atoms with Crippen LogP contribution in [-0.2, 0) is 0 Å². The summed E-state index contributed by atoms with van der Waals surface area (Å²) in [6.07, 6.45) is 6.53. The van der Waals surface area contributed by atoms with Crippen LogP contribution in [0.4, 0.5) is 0 Å². The van der Waals surface area contributed by atoms with Gasteiger partial charge >= 0.3 is 0 Å². The zero-order valence-corrected chi connectivity index (χ0v) is 10.7. The van der Waals surface area contributed by atoms with E-state index >= 15 is 0 Å². The first kappa shape index (κ1) is 13.8. The van der Waals surface area contributed by atoms with Crippen LogP contribution in [-0.4, -0.2) is 6.61 Å². The van der Waals surface area contributed by atoms with E-state index in [1.165, 1.54) is 12.8 Å². The van der Waals surface area contributed by atoms with Crippen molar-refractivity contribution < 1.29 is 4.74 Å². The van der Waals surface area contributed by atoms with Gasteiger partial charge in [0.1, 0.15) is 5.75 Å². The van der Waals surface area contributed by atoms with Crippen molar-refractivity contribution in [3.63, 3.8) is 0 Å². The van der Waals surface area contributed by atoms with Crippen LogP contribution in [0.1, 0.15) is 44.2 Å². The van der Waals surface area contributed by atoms with Gasteiger partial charge in [0.05, 0.1) is 6.61 Å². The predicted molar refractivity (Wildman–Crippen MR) is 73.2 cm³/mol. The quantitative estimate of drug-likeness (QED) is 0.547. The van der Waals surface area contributed by atoms with Gasteiger partial charge in [-0.2, -0.15) is 0 Å². The number of unbranched alkanes of at least 4 members (excludes halogenated alkanes) is 3. The lowest BCUT2D eigenvalue weighted by atomic mass is 10.1. The molecule has 0 aromatic heterocycles. The van der Waals surface area contributed by atoms with Crippen molar-refractivity contribution in [3.05, 3.63) is 42.5 Å². The van der Waals surface area contributed by atoms with Crippen LogP contribution in [0.15, 0.2) is 36.9 Å². The molecule has 0 unspecified atom stereocenters. The van der Waals surface area contributed by atoms with E-state index in [4.69, 9.17) is 10.5 Å². The molecule has 0 bridgehead atoms. The van der Waals surface area contributed by atoms with Gasteiger partial charge in [-0.25, -0.2) is 0 Å². The number of benzene rings is 1. The van der Waals surface area contributed by atoms with Gasteiger partial charge < -0.3 is 10.5 Å². The SMILES string of the molecule is C=CCCCCCOc1ccccc1[C@@H](C)N. The maximum absolute atomic E-state index is 5.89. The molecule has 1 aromatic carbocycles. The Morgan fingerprint density at radius 1 is 1.29 bits per heavy atom. The highest BCUT2D eigenvalue weighted by Crippen LogP contribution is 2.23. The topological polar surface area (TPSA) is 35.2 Å². The summed E-state index contributed by atoms with van der Waals surface area (Å²) in [6, 6.07) is 8.02. The van der Waals surface area contributed by atoms with E-state index in [0.717, 1.165) is 30.8 Å². The summed E-state index contributed by atoms with van der Waals surface area (Å²) in [5, 5.41) is 0. The van der Waals surface area contributed by atoms with E-state index in [1.807, 2.05) is 37.3 Å². The lowest BCUT2D eigenvalue weighted by Crippen LogP contribution is -2.08. The highest BCUT2D eigenvalue weighted by atomic mass is 16.5. The van der Waals surface area contributed by atoms with E-state index in [9.17, 15) is 0 Å². The Labute approximate surface area is 104 Å². The molecule has 0 saturated heterocycles. The molecule has 0 radical (unpaired) electrons. The Morgan fingerprint density at radius 3 is 2.76 bits per heavy atom. The largest absolute Gasteiger partial charge is 0.493 e. The second-order valence-electron chi connectivity index (χ2n) is 4.31. The van der Waals surface area contributed by atoms with Gasteiger partial charge in [0.2, 0.25) is 0 Å². The first-order valence-corrected chi connectivity index (χ1v) is 6.34. The average Bonchev–Trinajstić information content (AvgIpc) is 2.34. The summed E-state index contributed by atoms with van der Waals surface area (Å²) >= 11 is 0. The summed E-state index contributed by atoms with van der Waals surface area (Å²) in [5.74, 6) is 0.922. The molecule has 1 aromatic rings. The highest BCUT2D eigenvalue weighted by molar-refractivity contribution is 5.35. The Balaban J connectivity index is 2.33. The third-order valence-electron chi connectivity index (χ3n) is 2.72.